The topological polar surface area (TPSA) is 83.7 Å². The molecule has 1 atom stereocenters. The van der Waals surface area contributed by atoms with Gasteiger partial charge < -0.3 is 20.5 Å². The summed E-state index contributed by atoms with van der Waals surface area (Å²) in [5.41, 5.74) is 2.66. The van der Waals surface area contributed by atoms with Gasteiger partial charge in [0.05, 0.1) is 24.5 Å². The molecule has 1 aromatic heterocycles. The van der Waals surface area contributed by atoms with E-state index in [4.69, 9.17) is 0 Å². The van der Waals surface area contributed by atoms with Gasteiger partial charge in [0.1, 0.15) is 5.75 Å². The number of benzene rings is 2. The summed E-state index contributed by atoms with van der Waals surface area (Å²) in [5, 5.41) is 21.1. The highest BCUT2D eigenvalue weighted by atomic mass is 127. The van der Waals surface area contributed by atoms with E-state index in [0.29, 0.717) is 24.6 Å². The quantitative estimate of drug-likeness (QED) is 0.195. The van der Waals surface area contributed by atoms with Gasteiger partial charge in [-0.25, -0.2) is 4.68 Å². The van der Waals surface area contributed by atoms with Crippen molar-refractivity contribution >= 4 is 29.9 Å². The number of aromatic nitrogens is 2. The second-order valence-corrected chi connectivity index (χ2v) is 6.99. The number of alkyl halides is 2. The van der Waals surface area contributed by atoms with Crippen molar-refractivity contribution in [3.05, 3.63) is 78.1 Å². The molecule has 0 radical (unpaired) electrons. The fraction of sp³-hybridized carbons (Fsp3) is 0.304. The van der Waals surface area contributed by atoms with E-state index in [1.165, 1.54) is 12.1 Å². The maximum atomic E-state index is 12.2. The molecular weight excluding hydrogens is 543 g/mol. The lowest BCUT2D eigenvalue weighted by molar-refractivity contribution is -0.0498. The first-order chi connectivity index (χ1) is 15.5. The monoisotopic (exact) mass is 571 g/mol. The van der Waals surface area contributed by atoms with E-state index in [2.05, 4.69) is 25.5 Å². The smallest absolute Gasteiger partial charge is 0.387 e. The Bertz CT molecular complexity index is 984. The third kappa shape index (κ3) is 8.61. The van der Waals surface area contributed by atoms with Crippen molar-refractivity contribution < 1.29 is 18.6 Å². The van der Waals surface area contributed by atoms with Gasteiger partial charge in [0.25, 0.3) is 0 Å². The van der Waals surface area contributed by atoms with Crippen molar-refractivity contribution in [3.8, 4) is 11.4 Å². The van der Waals surface area contributed by atoms with Crippen molar-refractivity contribution in [1.82, 2.24) is 20.4 Å². The number of halogens is 3. The second kappa shape index (κ2) is 13.7. The van der Waals surface area contributed by atoms with Crippen LogP contribution in [0.1, 0.15) is 24.2 Å². The molecule has 0 aliphatic carbocycles. The number of rotatable bonds is 10. The molecular formula is C23H28F2IN5O2. The van der Waals surface area contributed by atoms with Gasteiger partial charge in [-0.2, -0.15) is 13.9 Å². The van der Waals surface area contributed by atoms with E-state index in [0.717, 1.165) is 17.7 Å². The average molecular weight is 571 g/mol. The zero-order valence-corrected chi connectivity index (χ0v) is 20.5. The Labute approximate surface area is 208 Å². The van der Waals surface area contributed by atoms with E-state index < -0.39 is 12.7 Å². The number of hydrogen-bond donors (Lipinski definition) is 3. The highest BCUT2D eigenvalue weighted by Gasteiger charge is 2.10. The predicted molar refractivity (Wildman–Crippen MR) is 135 cm³/mol. The van der Waals surface area contributed by atoms with Crippen LogP contribution in [-0.4, -0.2) is 47.1 Å². The molecule has 2 aromatic carbocycles. The van der Waals surface area contributed by atoms with Gasteiger partial charge in [-0.3, -0.25) is 4.99 Å². The number of ether oxygens (including phenoxy) is 1. The van der Waals surface area contributed by atoms with Gasteiger partial charge in [0, 0.05) is 19.3 Å². The van der Waals surface area contributed by atoms with Crippen LogP contribution in [0.25, 0.3) is 5.69 Å². The van der Waals surface area contributed by atoms with E-state index >= 15 is 0 Å². The molecule has 0 saturated heterocycles. The molecule has 0 fully saturated rings. The Morgan fingerprint density at radius 3 is 2.52 bits per heavy atom. The number of aliphatic hydroxyl groups is 1. The summed E-state index contributed by atoms with van der Waals surface area (Å²) in [6, 6.07) is 15.8. The van der Waals surface area contributed by atoms with E-state index in [1.807, 2.05) is 54.3 Å². The minimum Gasteiger partial charge on any atom is -0.435 e. The lowest BCUT2D eigenvalue weighted by Gasteiger charge is -2.13. The summed E-state index contributed by atoms with van der Waals surface area (Å²) < 4.78 is 30.6. The summed E-state index contributed by atoms with van der Waals surface area (Å²) in [5.74, 6) is 0.629. The lowest BCUT2D eigenvalue weighted by atomic mass is 10.1. The zero-order valence-electron chi connectivity index (χ0n) is 18.2. The van der Waals surface area contributed by atoms with Gasteiger partial charge in [-0.15, -0.1) is 24.0 Å². The molecule has 3 N–H and O–H groups in total. The van der Waals surface area contributed by atoms with Crippen LogP contribution in [0, 0.1) is 0 Å². The molecule has 0 saturated carbocycles. The Morgan fingerprint density at radius 2 is 1.85 bits per heavy atom. The number of guanidine groups is 1. The third-order valence-corrected chi connectivity index (χ3v) is 4.62. The fourth-order valence-electron chi connectivity index (χ4n) is 3.03. The van der Waals surface area contributed by atoms with Crippen molar-refractivity contribution in [2.24, 2.45) is 4.99 Å². The summed E-state index contributed by atoms with van der Waals surface area (Å²) >= 11 is 0. The van der Waals surface area contributed by atoms with Crippen molar-refractivity contribution in [2.75, 3.05) is 19.6 Å². The molecule has 3 rings (SSSR count). The molecule has 1 heterocycles. The maximum Gasteiger partial charge on any atom is 0.387 e. The number of para-hydroxylation sites is 1. The first kappa shape index (κ1) is 26.5. The minimum absolute atomic E-state index is 0. The van der Waals surface area contributed by atoms with Crippen LogP contribution in [0.4, 0.5) is 8.78 Å². The number of hydrogen-bond acceptors (Lipinski definition) is 4. The third-order valence-electron chi connectivity index (χ3n) is 4.62. The van der Waals surface area contributed by atoms with Crippen molar-refractivity contribution in [1.29, 1.82) is 0 Å². The molecule has 1 unspecified atom stereocenters. The highest BCUT2D eigenvalue weighted by Crippen LogP contribution is 2.19. The standard InChI is InChI=1S/C23H27F2N5O2.HI/c1-2-26-23(28-15-21(31)18-8-10-20(11-9-18)32-22(24)25)27-13-12-17-14-29-30(16-17)19-6-4-3-5-7-19;/h3-11,14,16,21-22,31H,2,12-13,15H2,1H3,(H2,26,27,28);1H. The molecule has 33 heavy (non-hydrogen) atoms. The van der Waals surface area contributed by atoms with Gasteiger partial charge >= 0.3 is 6.61 Å². The number of nitrogens with zero attached hydrogens (tertiary/aromatic N) is 3. The van der Waals surface area contributed by atoms with Gasteiger partial charge in [0.2, 0.25) is 0 Å². The molecule has 0 amide bonds. The van der Waals surface area contributed by atoms with Gasteiger partial charge in [-0.1, -0.05) is 30.3 Å². The van der Waals surface area contributed by atoms with Gasteiger partial charge in [-0.05, 0) is 48.7 Å². The highest BCUT2D eigenvalue weighted by molar-refractivity contribution is 14.0. The average Bonchev–Trinajstić information content (AvgIpc) is 3.27. The maximum absolute atomic E-state index is 12.2. The lowest BCUT2D eigenvalue weighted by Crippen LogP contribution is -2.38. The van der Waals surface area contributed by atoms with E-state index in [9.17, 15) is 13.9 Å². The number of nitrogens with one attached hydrogen (secondary N) is 2. The Kier molecular flexibility index (Phi) is 11.0. The van der Waals surface area contributed by atoms with Crippen LogP contribution >= 0.6 is 24.0 Å². The zero-order chi connectivity index (χ0) is 22.8. The predicted octanol–water partition coefficient (Wildman–Crippen LogP) is 3.92. The first-order valence-electron chi connectivity index (χ1n) is 10.4. The molecule has 0 aliphatic rings. The summed E-state index contributed by atoms with van der Waals surface area (Å²) in [7, 11) is 0. The molecule has 0 aliphatic heterocycles. The number of aliphatic imine (C=N–C) groups is 1. The summed E-state index contributed by atoms with van der Waals surface area (Å²) in [6.45, 7) is 0.516. The molecule has 0 bridgehead atoms. The Morgan fingerprint density at radius 1 is 1.12 bits per heavy atom. The molecule has 178 valence electrons. The molecule has 10 heteroatoms. The van der Waals surface area contributed by atoms with Crippen LogP contribution < -0.4 is 15.4 Å². The summed E-state index contributed by atoms with van der Waals surface area (Å²) in [6.07, 6.45) is 3.72. The normalized spacial score (nSPS) is 12.2. The van der Waals surface area contributed by atoms with Crippen LogP contribution in [0.2, 0.25) is 0 Å². The molecule has 3 aromatic rings. The SMILES string of the molecule is CCNC(=NCC(O)c1ccc(OC(F)F)cc1)NCCc1cnn(-c2ccccc2)c1.I. The van der Waals surface area contributed by atoms with Gasteiger partial charge in [0.15, 0.2) is 5.96 Å². The minimum atomic E-state index is -2.88. The van der Waals surface area contributed by atoms with Crippen LogP contribution in [-0.2, 0) is 6.42 Å². The summed E-state index contributed by atoms with van der Waals surface area (Å²) in [4.78, 5) is 4.42. The van der Waals surface area contributed by atoms with Crippen LogP contribution in [0.3, 0.4) is 0 Å². The molecule has 0 spiro atoms. The number of aliphatic hydroxyl groups excluding tert-OH is 1. The fourth-order valence-corrected chi connectivity index (χ4v) is 3.03. The Balaban J connectivity index is 0.00000385. The van der Waals surface area contributed by atoms with Crippen molar-refractivity contribution in [2.45, 2.75) is 26.1 Å². The largest absolute Gasteiger partial charge is 0.435 e. The van der Waals surface area contributed by atoms with E-state index in [-0.39, 0.29) is 36.3 Å². The van der Waals surface area contributed by atoms with E-state index in [1.54, 1.807) is 12.1 Å². The molecule has 7 nitrogen and oxygen atoms in total. The Hall–Kier alpha value is -2.73. The van der Waals surface area contributed by atoms with Crippen LogP contribution in [0.15, 0.2) is 72.0 Å². The van der Waals surface area contributed by atoms with Crippen LogP contribution in [0.5, 0.6) is 5.75 Å². The first-order valence-corrected chi connectivity index (χ1v) is 10.4. The second-order valence-electron chi connectivity index (χ2n) is 6.99. The van der Waals surface area contributed by atoms with Crippen molar-refractivity contribution in [3.63, 3.8) is 0 Å².